The standard InChI is InChI=1S/C11H15ClINS/c1-2-15-7-3-6-14-11-5-4-9(13)8-10(11)12/h4-5,8,14H,2-3,6-7H2,1H3. The van der Waals surface area contributed by atoms with Crippen LogP contribution in [0.15, 0.2) is 18.2 Å². The molecular weight excluding hydrogens is 341 g/mol. The van der Waals surface area contributed by atoms with Crippen LogP contribution in [0.4, 0.5) is 5.69 Å². The minimum absolute atomic E-state index is 0.810. The van der Waals surface area contributed by atoms with E-state index >= 15 is 0 Å². The fourth-order valence-corrected chi connectivity index (χ4v) is 2.73. The number of thioether (sulfide) groups is 1. The Labute approximate surface area is 114 Å². The predicted octanol–water partition coefficient (Wildman–Crippen LogP) is 4.50. The first-order valence-electron chi connectivity index (χ1n) is 5.00. The van der Waals surface area contributed by atoms with Crippen LogP contribution >= 0.6 is 46.0 Å². The normalized spacial score (nSPS) is 10.3. The summed E-state index contributed by atoms with van der Waals surface area (Å²) in [4.78, 5) is 0. The second-order valence-electron chi connectivity index (χ2n) is 3.10. The molecule has 0 aromatic heterocycles. The summed E-state index contributed by atoms with van der Waals surface area (Å²) in [5, 5.41) is 4.16. The van der Waals surface area contributed by atoms with Crippen molar-refractivity contribution in [3.63, 3.8) is 0 Å². The maximum Gasteiger partial charge on any atom is 0.0648 e. The van der Waals surface area contributed by atoms with Crippen LogP contribution in [-0.2, 0) is 0 Å². The van der Waals surface area contributed by atoms with E-state index in [1.54, 1.807) is 0 Å². The van der Waals surface area contributed by atoms with Crippen LogP contribution in [-0.4, -0.2) is 18.1 Å². The van der Waals surface area contributed by atoms with Crippen LogP contribution in [0, 0.1) is 3.57 Å². The molecule has 0 heterocycles. The van der Waals surface area contributed by atoms with E-state index in [4.69, 9.17) is 11.6 Å². The largest absolute Gasteiger partial charge is 0.384 e. The molecule has 0 aliphatic carbocycles. The third kappa shape index (κ3) is 5.31. The van der Waals surface area contributed by atoms with Crippen molar-refractivity contribution < 1.29 is 0 Å². The Morgan fingerprint density at radius 1 is 1.47 bits per heavy atom. The number of hydrogen-bond acceptors (Lipinski definition) is 2. The summed E-state index contributed by atoms with van der Waals surface area (Å²) < 4.78 is 1.17. The van der Waals surface area contributed by atoms with Crippen molar-refractivity contribution >= 4 is 51.6 Å². The summed E-state index contributed by atoms with van der Waals surface area (Å²) in [7, 11) is 0. The zero-order valence-corrected chi connectivity index (χ0v) is 12.5. The molecule has 0 bridgehead atoms. The monoisotopic (exact) mass is 355 g/mol. The molecule has 0 amide bonds. The van der Waals surface area contributed by atoms with Gasteiger partial charge in [0.2, 0.25) is 0 Å². The van der Waals surface area contributed by atoms with Crippen molar-refractivity contribution in [3.8, 4) is 0 Å². The van der Waals surface area contributed by atoms with E-state index in [1.807, 2.05) is 23.9 Å². The molecule has 1 rings (SSSR count). The fraction of sp³-hybridized carbons (Fsp3) is 0.455. The van der Waals surface area contributed by atoms with Gasteiger partial charge in [-0.1, -0.05) is 18.5 Å². The third-order valence-electron chi connectivity index (χ3n) is 1.92. The average Bonchev–Trinajstić information content (AvgIpc) is 2.20. The zero-order chi connectivity index (χ0) is 11.1. The lowest BCUT2D eigenvalue weighted by atomic mass is 10.3. The van der Waals surface area contributed by atoms with Crippen LogP contribution < -0.4 is 5.32 Å². The van der Waals surface area contributed by atoms with Crippen molar-refractivity contribution in [3.05, 3.63) is 26.8 Å². The van der Waals surface area contributed by atoms with Crippen LogP contribution in [0.1, 0.15) is 13.3 Å². The lowest BCUT2D eigenvalue weighted by Crippen LogP contribution is -2.03. The topological polar surface area (TPSA) is 12.0 Å². The molecule has 0 aliphatic heterocycles. The van der Waals surface area contributed by atoms with E-state index < -0.39 is 0 Å². The quantitative estimate of drug-likeness (QED) is 0.595. The molecule has 0 atom stereocenters. The van der Waals surface area contributed by atoms with Crippen LogP contribution in [0.3, 0.4) is 0 Å². The van der Waals surface area contributed by atoms with Gasteiger partial charge in [0.15, 0.2) is 0 Å². The van der Waals surface area contributed by atoms with Crippen molar-refractivity contribution in [1.29, 1.82) is 0 Å². The van der Waals surface area contributed by atoms with Gasteiger partial charge >= 0.3 is 0 Å². The summed E-state index contributed by atoms with van der Waals surface area (Å²) in [5.74, 6) is 2.41. The summed E-state index contributed by atoms with van der Waals surface area (Å²) in [6, 6.07) is 6.08. The van der Waals surface area contributed by atoms with Crippen molar-refractivity contribution in [2.24, 2.45) is 0 Å². The van der Waals surface area contributed by atoms with E-state index in [1.165, 1.54) is 21.5 Å². The number of hydrogen-bond donors (Lipinski definition) is 1. The van der Waals surface area contributed by atoms with E-state index in [0.29, 0.717) is 0 Å². The highest BCUT2D eigenvalue weighted by Crippen LogP contribution is 2.23. The highest BCUT2D eigenvalue weighted by atomic mass is 127. The Morgan fingerprint density at radius 3 is 2.93 bits per heavy atom. The summed E-state index contributed by atoms with van der Waals surface area (Å²) in [6.45, 7) is 3.18. The summed E-state index contributed by atoms with van der Waals surface area (Å²) >= 11 is 10.3. The molecule has 0 spiro atoms. The first kappa shape index (κ1) is 13.5. The van der Waals surface area contributed by atoms with Crippen molar-refractivity contribution in [2.75, 3.05) is 23.4 Å². The molecule has 4 heteroatoms. The maximum absolute atomic E-state index is 6.10. The van der Waals surface area contributed by atoms with E-state index in [0.717, 1.165) is 17.3 Å². The molecule has 0 fully saturated rings. The van der Waals surface area contributed by atoms with Gasteiger partial charge in [0.25, 0.3) is 0 Å². The Balaban J connectivity index is 2.31. The molecule has 0 unspecified atom stereocenters. The van der Waals surface area contributed by atoms with E-state index in [2.05, 4.69) is 40.9 Å². The summed E-state index contributed by atoms with van der Waals surface area (Å²) in [6.07, 6.45) is 1.18. The number of nitrogens with one attached hydrogen (secondary N) is 1. The van der Waals surface area contributed by atoms with Gasteiger partial charge in [0.1, 0.15) is 0 Å². The maximum atomic E-state index is 6.10. The lowest BCUT2D eigenvalue weighted by Gasteiger charge is -2.08. The number of anilines is 1. The Hall–Kier alpha value is 0.390. The summed E-state index contributed by atoms with van der Waals surface area (Å²) in [5.41, 5.74) is 1.04. The predicted molar refractivity (Wildman–Crippen MR) is 80.3 cm³/mol. The Morgan fingerprint density at radius 2 is 2.27 bits per heavy atom. The van der Waals surface area contributed by atoms with Gasteiger partial charge in [0, 0.05) is 10.1 Å². The van der Waals surface area contributed by atoms with Crippen molar-refractivity contribution in [2.45, 2.75) is 13.3 Å². The average molecular weight is 356 g/mol. The second-order valence-corrected chi connectivity index (χ2v) is 6.15. The van der Waals surface area contributed by atoms with Crippen molar-refractivity contribution in [1.82, 2.24) is 0 Å². The zero-order valence-electron chi connectivity index (χ0n) is 8.72. The molecule has 1 N–H and O–H groups in total. The minimum atomic E-state index is 0.810. The highest BCUT2D eigenvalue weighted by molar-refractivity contribution is 14.1. The Bertz CT molecular complexity index is 307. The van der Waals surface area contributed by atoms with E-state index in [9.17, 15) is 0 Å². The SMILES string of the molecule is CCSCCCNc1ccc(I)cc1Cl. The molecule has 15 heavy (non-hydrogen) atoms. The molecule has 1 aromatic rings. The van der Waals surface area contributed by atoms with E-state index in [-0.39, 0.29) is 0 Å². The van der Waals surface area contributed by atoms with Gasteiger partial charge in [-0.05, 0) is 58.7 Å². The smallest absolute Gasteiger partial charge is 0.0648 e. The van der Waals surface area contributed by atoms with Gasteiger partial charge in [-0.2, -0.15) is 11.8 Å². The number of rotatable bonds is 6. The van der Waals surface area contributed by atoms with Gasteiger partial charge in [-0.3, -0.25) is 0 Å². The van der Waals surface area contributed by atoms with Gasteiger partial charge < -0.3 is 5.32 Å². The van der Waals surface area contributed by atoms with Crippen LogP contribution in [0.5, 0.6) is 0 Å². The fourth-order valence-electron chi connectivity index (χ4n) is 1.17. The Kier molecular flexibility index (Phi) is 6.84. The van der Waals surface area contributed by atoms with Gasteiger partial charge in [-0.15, -0.1) is 0 Å². The minimum Gasteiger partial charge on any atom is -0.384 e. The van der Waals surface area contributed by atoms with Crippen LogP contribution in [0.25, 0.3) is 0 Å². The van der Waals surface area contributed by atoms with Gasteiger partial charge in [-0.25, -0.2) is 0 Å². The molecule has 0 saturated heterocycles. The molecular formula is C11H15ClINS. The highest BCUT2D eigenvalue weighted by Gasteiger charge is 1.99. The molecule has 0 radical (unpaired) electrons. The first-order valence-corrected chi connectivity index (χ1v) is 7.62. The first-order chi connectivity index (χ1) is 7.24. The third-order valence-corrected chi connectivity index (χ3v) is 3.89. The molecule has 1 nitrogen and oxygen atoms in total. The molecule has 0 aliphatic rings. The molecule has 0 saturated carbocycles. The number of halogens is 2. The molecule has 84 valence electrons. The number of benzene rings is 1. The second kappa shape index (κ2) is 7.63. The molecule has 1 aromatic carbocycles. The van der Waals surface area contributed by atoms with Crippen LogP contribution in [0.2, 0.25) is 5.02 Å². The lowest BCUT2D eigenvalue weighted by molar-refractivity contribution is 0.992. The van der Waals surface area contributed by atoms with Gasteiger partial charge in [0.05, 0.1) is 10.7 Å².